The summed E-state index contributed by atoms with van der Waals surface area (Å²) in [6.07, 6.45) is 1.30. The summed E-state index contributed by atoms with van der Waals surface area (Å²) in [6.45, 7) is 6.02. The van der Waals surface area contributed by atoms with Gasteiger partial charge in [-0.2, -0.15) is 4.31 Å². The summed E-state index contributed by atoms with van der Waals surface area (Å²) >= 11 is 1.34. The molecule has 0 bridgehead atoms. The molecule has 3 aromatic rings. The van der Waals surface area contributed by atoms with E-state index in [1.165, 1.54) is 49.0 Å². The standard InChI is InChI=1S/C17H20N4O4S2/c1-4-20(5-2)27(24,25)14-6-7-15(22)19(10-14)9-13-8-16(23)21-12(3)11-26-17(21)18-13/h6-8,10-11H,4-5,9H2,1-3H3. The predicted molar refractivity (Wildman–Crippen MR) is 104 cm³/mol. The maximum Gasteiger partial charge on any atom is 0.259 e. The molecule has 27 heavy (non-hydrogen) atoms. The van der Waals surface area contributed by atoms with Gasteiger partial charge in [-0.1, -0.05) is 13.8 Å². The Morgan fingerprint density at radius 1 is 1.15 bits per heavy atom. The van der Waals surface area contributed by atoms with Crippen LogP contribution in [0.25, 0.3) is 4.96 Å². The predicted octanol–water partition coefficient (Wildman–Crippen LogP) is 1.30. The van der Waals surface area contributed by atoms with Crippen LogP contribution in [0.1, 0.15) is 25.2 Å². The molecule has 0 aliphatic heterocycles. The number of fused-ring (bicyclic) bond motifs is 1. The molecular weight excluding hydrogens is 388 g/mol. The topological polar surface area (TPSA) is 93.8 Å². The molecule has 10 heteroatoms. The number of rotatable bonds is 6. The SMILES string of the molecule is CCN(CC)S(=O)(=O)c1ccc(=O)n(Cc2cc(=O)n3c(C)csc3n2)c1. The number of aryl methyl sites for hydroxylation is 1. The van der Waals surface area contributed by atoms with Crippen LogP contribution in [0.15, 0.2) is 44.3 Å². The fraction of sp³-hybridized carbons (Fsp3) is 0.353. The van der Waals surface area contributed by atoms with Gasteiger partial charge < -0.3 is 4.57 Å². The van der Waals surface area contributed by atoms with E-state index in [9.17, 15) is 18.0 Å². The Morgan fingerprint density at radius 2 is 1.85 bits per heavy atom. The third-order valence-corrected chi connectivity index (χ3v) is 7.24. The molecule has 3 aromatic heterocycles. The van der Waals surface area contributed by atoms with E-state index in [2.05, 4.69) is 4.98 Å². The highest BCUT2D eigenvalue weighted by Gasteiger charge is 2.22. The van der Waals surface area contributed by atoms with E-state index in [0.717, 1.165) is 5.69 Å². The van der Waals surface area contributed by atoms with Crippen molar-refractivity contribution in [2.24, 2.45) is 0 Å². The van der Waals surface area contributed by atoms with Gasteiger partial charge in [0.05, 0.1) is 17.1 Å². The Labute approximate surface area is 160 Å². The lowest BCUT2D eigenvalue weighted by molar-refractivity contribution is 0.444. The third-order valence-electron chi connectivity index (χ3n) is 4.26. The second-order valence-electron chi connectivity index (χ2n) is 6.00. The quantitative estimate of drug-likeness (QED) is 0.613. The first-order chi connectivity index (χ1) is 12.8. The first kappa shape index (κ1) is 19.5. The van der Waals surface area contributed by atoms with Crippen molar-refractivity contribution in [3.63, 3.8) is 0 Å². The van der Waals surface area contributed by atoms with Gasteiger partial charge >= 0.3 is 0 Å². The van der Waals surface area contributed by atoms with Crippen molar-refractivity contribution in [1.29, 1.82) is 0 Å². The van der Waals surface area contributed by atoms with Gasteiger partial charge in [-0.25, -0.2) is 13.4 Å². The molecule has 8 nitrogen and oxygen atoms in total. The normalized spacial score (nSPS) is 12.1. The van der Waals surface area contributed by atoms with E-state index >= 15 is 0 Å². The second-order valence-corrected chi connectivity index (χ2v) is 8.78. The highest BCUT2D eigenvalue weighted by molar-refractivity contribution is 7.89. The highest BCUT2D eigenvalue weighted by atomic mass is 32.2. The number of aromatic nitrogens is 3. The first-order valence-electron chi connectivity index (χ1n) is 8.45. The first-order valence-corrected chi connectivity index (χ1v) is 10.8. The molecule has 0 N–H and O–H groups in total. The van der Waals surface area contributed by atoms with E-state index < -0.39 is 10.0 Å². The number of pyridine rings is 1. The van der Waals surface area contributed by atoms with E-state index in [0.29, 0.717) is 23.7 Å². The number of hydrogen-bond acceptors (Lipinski definition) is 6. The largest absolute Gasteiger partial charge is 0.308 e. The number of nitrogens with zero attached hydrogens (tertiary/aromatic N) is 4. The summed E-state index contributed by atoms with van der Waals surface area (Å²) in [4.78, 5) is 29.5. The molecule has 0 amide bonds. The van der Waals surface area contributed by atoms with E-state index in [4.69, 9.17) is 0 Å². The van der Waals surface area contributed by atoms with Crippen molar-refractivity contribution in [3.8, 4) is 0 Å². The molecule has 0 saturated carbocycles. The Kier molecular flexibility index (Phi) is 5.31. The van der Waals surface area contributed by atoms with Gasteiger partial charge in [0.2, 0.25) is 10.0 Å². The lowest BCUT2D eigenvalue weighted by Crippen LogP contribution is -2.32. The van der Waals surface area contributed by atoms with Crippen LogP contribution in [0.5, 0.6) is 0 Å². The van der Waals surface area contributed by atoms with Crippen LogP contribution >= 0.6 is 11.3 Å². The molecule has 0 saturated heterocycles. The van der Waals surface area contributed by atoms with E-state index in [1.54, 1.807) is 13.8 Å². The summed E-state index contributed by atoms with van der Waals surface area (Å²) in [6, 6.07) is 3.89. The van der Waals surface area contributed by atoms with Crippen molar-refractivity contribution in [2.75, 3.05) is 13.1 Å². The monoisotopic (exact) mass is 408 g/mol. The fourth-order valence-electron chi connectivity index (χ4n) is 2.85. The molecule has 3 heterocycles. The third kappa shape index (κ3) is 3.60. The summed E-state index contributed by atoms with van der Waals surface area (Å²) in [5.41, 5.74) is 0.608. The molecule has 144 valence electrons. The Balaban J connectivity index is 2.03. The van der Waals surface area contributed by atoms with Crippen molar-refractivity contribution in [3.05, 3.63) is 61.9 Å². The lowest BCUT2D eigenvalue weighted by Gasteiger charge is -2.19. The number of hydrogen-bond donors (Lipinski definition) is 0. The van der Waals surface area contributed by atoms with Gasteiger partial charge in [0, 0.05) is 42.5 Å². The molecule has 0 aliphatic rings. The molecule has 0 atom stereocenters. The van der Waals surface area contributed by atoms with E-state index in [1.807, 2.05) is 12.3 Å². The minimum absolute atomic E-state index is 0.0170. The number of sulfonamides is 1. The van der Waals surface area contributed by atoms with E-state index in [-0.39, 0.29) is 22.6 Å². The van der Waals surface area contributed by atoms with Crippen LogP contribution in [-0.4, -0.2) is 39.8 Å². The molecule has 0 aliphatic carbocycles. The maximum absolute atomic E-state index is 12.7. The van der Waals surface area contributed by atoms with Gasteiger partial charge in [0.25, 0.3) is 11.1 Å². The summed E-state index contributed by atoms with van der Waals surface area (Å²) in [5.74, 6) is 0. The van der Waals surface area contributed by atoms with Gasteiger partial charge in [-0.15, -0.1) is 11.3 Å². The summed E-state index contributed by atoms with van der Waals surface area (Å²) in [7, 11) is -3.68. The Hall–Kier alpha value is -2.30. The fourth-order valence-corrected chi connectivity index (χ4v) is 5.22. The minimum Gasteiger partial charge on any atom is -0.308 e. The summed E-state index contributed by atoms with van der Waals surface area (Å²) in [5, 5.41) is 1.83. The Bertz CT molecular complexity index is 1200. The van der Waals surface area contributed by atoms with Crippen molar-refractivity contribution >= 4 is 26.3 Å². The van der Waals surface area contributed by atoms with Gasteiger partial charge in [-0.3, -0.25) is 14.0 Å². The van der Waals surface area contributed by atoms with Crippen LogP contribution in [0.4, 0.5) is 0 Å². The second kappa shape index (κ2) is 7.37. The smallest absolute Gasteiger partial charge is 0.259 e. The van der Waals surface area contributed by atoms with Crippen LogP contribution in [0, 0.1) is 6.92 Å². The van der Waals surface area contributed by atoms with Gasteiger partial charge in [-0.05, 0) is 13.0 Å². The number of thiazole rings is 1. The average molecular weight is 409 g/mol. The molecule has 0 radical (unpaired) electrons. The van der Waals surface area contributed by atoms with Crippen LogP contribution in [-0.2, 0) is 16.6 Å². The van der Waals surface area contributed by atoms with Gasteiger partial charge in [0.1, 0.15) is 0 Å². The summed E-state index contributed by atoms with van der Waals surface area (Å²) < 4.78 is 29.4. The molecular formula is C17H20N4O4S2. The zero-order valence-electron chi connectivity index (χ0n) is 15.2. The zero-order chi connectivity index (χ0) is 19.8. The molecule has 0 unspecified atom stereocenters. The van der Waals surface area contributed by atoms with Crippen LogP contribution in [0.3, 0.4) is 0 Å². The average Bonchev–Trinajstić information content (AvgIpc) is 2.99. The molecule has 3 rings (SSSR count). The lowest BCUT2D eigenvalue weighted by atomic mass is 10.3. The van der Waals surface area contributed by atoms with Crippen molar-refractivity contribution in [1.82, 2.24) is 18.3 Å². The van der Waals surface area contributed by atoms with Crippen molar-refractivity contribution in [2.45, 2.75) is 32.2 Å². The van der Waals surface area contributed by atoms with Crippen molar-refractivity contribution < 1.29 is 8.42 Å². The highest BCUT2D eigenvalue weighted by Crippen LogP contribution is 2.15. The Morgan fingerprint density at radius 3 is 2.52 bits per heavy atom. The minimum atomic E-state index is -3.68. The maximum atomic E-state index is 12.7. The van der Waals surface area contributed by atoms with Crippen LogP contribution < -0.4 is 11.1 Å². The van der Waals surface area contributed by atoms with Gasteiger partial charge in [0.15, 0.2) is 4.96 Å². The zero-order valence-corrected chi connectivity index (χ0v) is 16.9. The molecule has 0 fully saturated rings. The molecule has 0 spiro atoms. The van der Waals surface area contributed by atoms with Crippen LogP contribution in [0.2, 0.25) is 0 Å². The molecule has 0 aromatic carbocycles.